The zero-order chi connectivity index (χ0) is 15.1. The van der Waals surface area contributed by atoms with E-state index in [0.29, 0.717) is 30.3 Å². The number of anilines is 2. The van der Waals surface area contributed by atoms with Crippen LogP contribution in [0.4, 0.5) is 11.4 Å². The molecule has 0 atom stereocenters. The number of nitrogens with zero attached hydrogens (tertiary/aromatic N) is 1. The van der Waals surface area contributed by atoms with Gasteiger partial charge in [-0.3, -0.25) is 4.79 Å². The molecule has 0 saturated carbocycles. The number of benzene rings is 1. The monoisotopic (exact) mass is 291 g/mol. The summed E-state index contributed by atoms with van der Waals surface area (Å²) in [6.45, 7) is 3.29. The minimum atomic E-state index is 0.0122. The number of hydrogen-bond acceptors (Lipinski definition) is 4. The largest absolute Gasteiger partial charge is 0.397 e. The van der Waals surface area contributed by atoms with Crippen molar-refractivity contribution in [2.75, 3.05) is 37.3 Å². The number of nitrogens with two attached hydrogens (primary N) is 1. The Labute approximate surface area is 126 Å². The predicted octanol–water partition coefficient (Wildman–Crippen LogP) is 1.69. The van der Waals surface area contributed by atoms with Crippen molar-refractivity contribution >= 4 is 17.3 Å². The molecule has 0 radical (unpaired) electrons. The van der Waals surface area contributed by atoms with Crippen LogP contribution in [0, 0.1) is 5.92 Å². The van der Waals surface area contributed by atoms with Crippen molar-refractivity contribution < 1.29 is 9.90 Å². The SMILES string of the molecule is Nc1ccccc1NC(=O)CCCN1CCC(CO)CC1. The molecule has 2 rings (SSSR count). The summed E-state index contributed by atoms with van der Waals surface area (Å²) in [5.74, 6) is 0.476. The molecule has 116 valence electrons. The summed E-state index contributed by atoms with van der Waals surface area (Å²) in [5, 5.41) is 12.0. The first-order valence-corrected chi connectivity index (χ1v) is 7.66. The average molecular weight is 291 g/mol. The molecule has 1 aromatic carbocycles. The second-order valence-electron chi connectivity index (χ2n) is 5.71. The van der Waals surface area contributed by atoms with Crippen LogP contribution in [0.25, 0.3) is 0 Å². The summed E-state index contributed by atoms with van der Waals surface area (Å²) in [5.41, 5.74) is 7.08. The third kappa shape index (κ3) is 5.02. The molecule has 1 heterocycles. The first-order chi connectivity index (χ1) is 10.2. The fraction of sp³-hybridized carbons (Fsp3) is 0.562. The van der Waals surface area contributed by atoms with Crippen LogP contribution in [-0.2, 0) is 4.79 Å². The Hall–Kier alpha value is -1.59. The Morgan fingerprint density at radius 3 is 2.71 bits per heavy atom. The molecule has 21 heavy (non-hydrogen) atoms. The van der Waals surface area contributed by atoms with E-state index < -0.39 is 0 Å². The first-order valence-electron chi connectivity index (χ1n) is 7.66. The molecule has 1 aliphatic heterocycles. The fourth-order valence-electron chi connectivity index (χ4n) is 2.68. The van der Waals surface area contributed by atoms with E-state index in [-0.39, 0.29) is 5.91 Å². The maximum atomic E-state index is 11.9. The summed E-state index contributed by atoms with van der Waals surface area (Å²) in [4.78, 5) is 14.3. The van der Waals surface area contributed by atoms with E-state index in [1.165, 1.54) is 0 Å². The molecular formula is C16H25N3O2. The average Bonchev–Trinajstić information content (AvgIpc) is 2.50. The number of carbonyl (C=O) groups excluding carboxylic acids is 1. The van der Waals surface area contributed by atoms with Gasteiger partial charge in [0.1, 0.15) is 0 Å². The van der Waals surface area contributed by atoms with Gasteiger partial charge in [0.2, 0.25) is 5.91 Å². The molecule has 0 unspecified atom stereocenters. The van der Waals surface area contributed by atoms with E-state index in [1.54, 1.807) is 6.07 Å². The van der Waals surface area contributed by atoms with Crippen molar-refractivity contribution in [3.63, 3.8) is 0 Å². The summed E-state index contributed by atoms with van der Waals surface area (Å²) in [7, 11) is 0. The molecule has 0 aromatic heterocycles. The van der Waals surface area contributed by atoms with Gasteiger partial charge < -0.3 is 21.1 Å². The van der Waals surface area contributed by atoms with Gasteiger partial charge >= 0.3 is 0 Å². The Morgan fingerprint density at radius 2 is 2.05 bits per heavy atom. The molecular weight excluding hydrogens is 266 g/mol. The second kappa shape index (κ2) is 8.00. The number of rotatable bonds is 6. The number of para-hydroxylation sites is 2. The summed E-state index contributed by atoms with van der Waals surface area (Å²) >= 11 is 0. The van der Waals surface area contributed by atoms with Crippen LogP contribution in [-0.4, -0.2) is 42.2 Å². The van der Waals surface area contributed by atoms with Crippen molar-refractivity contribution in [1.82, 2.24) is 4.90 Å². The van der Waals surface area contributed by atoms with Crippen molar-refractivity contribution in [2.45, 2.75) is 25.7 Å². The van der Waals surface area contributed by atoms with Crippen LogP contribution in [0.1, 0.15) is 25.7 Å². The highest BCUT2D eigenvalue weighted by Crippen LogP contribution is 2.18. The zero-order valence-electron chi connectivity index (χ0n) is 12.4. The van der Waals surface area contributed by atoms with Gasteiger partial charge in [-0.15, -0.1) is 0 Å². The molecule has 5 heteroatoms. The number of piperidine rings is 1. The van der Waals surface area contributed by atoms with E-state index in [1.807, 2.05) is 18.2 Å². The molecule has 1 saturated heterocycles. The van der Waals surface area contributed by atoms with Crippen LogP contribution in [0.5, 0.6) is 0 Å². The molecule has 1 aliphatic rings. The van der Waals surface area contributed by atoms with E-state index in [0.717, 1.165) is 38.9 Å². The third-order valence-electron chi connectivity index (χ3n) is 4.08. The second-order valence-corrected chi connectivity index (χ2v) is 5.71. The number of hydrogen-bond donors (Lipinski definition) is 3. The Kier molecular flexibility index (Phi) is 6.02. The highest BCUT2D eigenvalue weighted by molar-refractivity contribution is 5.93. The van der Waals surface area contributed by atoms with Crippen LogP contribution < -0.4 is 11.1 Å². The molecule has 0 spiro atoms. The normalized spacial score (nSPS) is 16.8. The first kappa shape index (κ1) is 15.8. The van der Waals surface area contributed by atoms with Crippen LogP contribution >= 0.6 is 0 Å². The van der Waals surface area contributed by atoms with Crippen LogP contribution in [0.3, 0.4) is 0 Å². The topological polar surface area (TPSA) is 78.6 Å². The van der Waals surface area contributed by atoms with Crippen molar-refractivity contribution in [2.24, 2.45) is 5.92 Å². The molecule has 0 aliphatic carbocycles. The van der Waals surface area contributed by atoms with E-state index in [4.69, 9.17) is 10.8 Å². The lowest BCUT2D eigenvalue weighted by atomic mass is 9.98. The molecule has 1 fully saturated rings. The Bertz CT molecular complexity index is 457. The fourth-order valence-corrected chi connectivity index (χ4v) is 2.68. The van der Waals surface area contributed by atoms with Crippen LogP contribution in [0.15, 0.2) is 24.3 Å². The van der Waals surface area contributed by atoms with Gasteiger partial charge in [-0.2, -0.15) is 0 Å². The predicted molar refractivity (Wildman–Crippen MR) is 85.0 cm³/mol. The summed E-state index contributed by atoms with van der Waals surface area (Å²) in [6, 6.07) is 7.30. The van der Waals surface area contributed by atoms with Gasteiger partial charge in [0.15, 0.2) is 0 Å². The lowest BCUT2D eigenvalue weighted by Crippen LogP contribution is -2.35. The van der Waals surface area contributed by atoms with Gasteiger partial charge in [-0.1, -0.05) is 12.1 Å². The van der Waals surface area contributed by atoms with Gasteiger partial charge in [0.05, 0.1) is 11.4 Å². The van der Waals surface area contributed by atoms with Crippen molar-refractivity contribution in [3.8, 4) is 0 Å². The Balaban J connectivity index is 1.65. The number of aliphatic hydroxyl groups is 1. The number of carbonyl (C=O) groups is 1. The van der Waals surface area contributed by atoms with E-state index in [2.05, 4.69) is 10.2 Å². The van der Waals surface area contributed by atoms with Gasteiger partial charge in [0.25, 0.3) is 0 Å². The zero-order valence-corrected chi connectivity index (χ0v) is 12.4. The molecule has 5 nitrogen and oxygen atoms in total. The highest BCUT2D eigenvalue weighted by Gasteiger charge is 2.18. The quantitative estimate of drug-likeness (QED) is 0.697. The number of nitrogens with one attached hydrogen (secondary N) is 1. The molecule has 1 amide bonds. The molecule has 0 bridgehead atoms. The van der Waals surface area contributed by atoms with Crippen molar-refractivity contribution in [1.29, 1.82) is 0 Å². The van der Waals surface area contributed by atoms with Gasteiger partial charge in [-0.05, 0) is 56.9 Å². The minimum absolute atomic E-state index is 0.0122. The van der Waals surface area contributed by atoms with Gasteiger partial charge in [0, 0.05) is 13.0 Å². The van der Waals surface area contributed by atoms with Gasteiger partial charge in [-0.25, -0.2) is 0 Å². The standard InChI is InChI=1S/C16H25N3O2/c17-14-4-1-2-5-15(14)18-16(21)6-3-9-19-10-7-13(12-20)8-11-19/h1-2,4-5,13,20H,3,6-12,17H2,(H,18,21). The lowest BCUT2D eigenvalue weighted by Gasteiger charge is -2.30. The minimum Gasteiger partial charge on any atom is -0.397 e. The van der Waals surface area contributed by atoms with Crippen LogP contribution in [0.2, 0.25) is 0 Å². The smallest absolute Gasteiger partial charge is 0.224 e. The summed E-state index contributed by atoms with van der Waals surface area (Å²) in [6.07, 6.45) is 3.48. The maximum Gasteiger partial charge on any atom is 0.224 e. The number of aliphatic hydroxyl groups excluding tert-OH is 1. The highest BCUT2D eigenvalue weighted by atomic mass is 16.3. The molecule has 1 aromatic rings. The third-order valence-corrected chi connectivity index (χ3v) is 4.08. The lowest BCUT2D eigenvalue weighted by molar-refractivity contribution is -0.116. The van der Waals surface area contributed by atoms with E-state index >= 15 is 0 Å². The van der Waals surface area contributed by atoms with Crippen molar-refractivity contribution in [3.05, 3.63) is 24.3 Å². The number of amides is 1. The summed E-state index contributed by atoms with van der Waals surface area (Å²) < 4.78 is 0. The molecule has 4 N–H and O–H groups in total. The maximum absolute atomic E-state index is 11.9. The number of nitrogen functional groups attached to an aromatic ring is 1. The Morgan fingerprint density at radius 1 is 1.33 bits per heavy atom. The van der Waals surface area contributed by atoms with E-state index in [9.17, 15) is 4.79 Å². The number of likely N-dealkylation sites (tertiary alicyclic amines) is 1.